The molecule has 104 valence electrons. The highest BCUT2D eigenvalue weighted by atomic mass is 16.5. The number of hydrogen-bond acceptors (Lipinski definition) is 6. The normalized spacial score (nSPS) is 22.3. The van der Waals surface area contributed by atoms with Gasteiger partial charge in [0.1, 0.15) is 5.82 Å². The first-order chi connectivity index (χ1) is 9.11. The predicted molar refractivity (Wildman–Crippen MR) is 71.1 cm³/mol. The molecule has 7 heteroatoms. The van der Waals surface area contributed by atoms with E-state index in [4.69, 9.17) is 4.74 Å². The molecule has 0 bridgehead atoms. The van der Waals surface area contributed by atoms with Crippen LogP contribution < -0.4 is 10.6 Å². The first-order valence-corrected chi connectivity index (χ1v) is 6.17. The highest BCUT2D eigenvalue weighted by molar-refractivity contribution is 5.91. The maximum absolute atomic E-state index is 11.7. The molecule has 1 fully saturated rings. The minimum absolute atomic E-state index is 0.116. The molecule has 0 radical (unpaired) electrons. The Morgan fingerprint density at radius 3 is 2.79 bits per heavy atom. The summed E-state index contributed by atoms with van der Waals surface area (Å²) in [6.45, 7) is 1.64. The lowest BCUT2D eigenvalue weighted by molar-refractivity contribution is 0.0821. The third-order valence-electron chi connectivity index (χ3n) is 3.08. The molecule has 2 N–H and O–H groups in total. The largest absolute Gasteiger partial charge is 0.378 e. The van der Waals surface area contributed by atoms with Gasteiger partial charge in [0.2, 0.25) is 0 Å². The molecule has 2 heterocycles. The summed E-state index contributed by atoms with van der Waals surface area (Å²) in [5.41, 5.74) is 0.336. The molecule has 0 spiro atoms. The zero-order valence-corrected chi connectivity index (χ0v) is 11.4. The molecule has 1 aliphatic rings. The van der Waals surface area contributed by atoms with E-state index < -0.39 is 0 Å². The summed E-state index contributed by atoms with van der Waals surface area (Å²) in [5, 5.41) is 14.4. The molecule has 1 aromatic rings. The van der Waals surface area contributed by atoms with Crippen molar-refractivity contribution in [2.24, 2.45) is 0 Å². The molecule has 1 unspecified atom stereocenters. The Morgan fingerprint density at radius 2 is 2.21 bits per heavy atom. The van der Waals surface area contributed by atoms with Crippen LogP contribution in [0.2, 0.25) is 0 Å². The van der Waals surface area contributed by atoms with Gasteiger partial charge in [0, 0.05) is 34.3 Å². The van der Waals surface area contributed by atoms with Crippen molar-refractivity contribution in [2.45, 2.75) is 12.1 Å². The lowest BCUT2D eigenvalue weighted by atomic mass is 10.2. The third kappa shape index (κ3) is 3.18. The maximum atomic E-state index is 11.7. The van der Waals surface area contributed by atoms with E-state index in [0.717, 1.165) is 13.1 Å². The molecule has 1 aliphatic heterocycles. The standard InChI is InChI=1S/C12H19N5O2/c1-17(2)12(18)8-4-5-11(16-15-8)14-9-6-13-7-10(9)19-3/h4-5,9-10,13H,6-7H2,1-3H3,(H,14,16)/t9?,10-/m0/s1. The van der Waals surface area contributed by atoms with Crippen LogP contribution in [0.15, 0.2) is 12.1 Å². The summed E-state index contributed by atoms with van der Waals surface area (Å²) in [4.78, 5) is 13.1. The van der Waals surface area contributed by atoms with Gasteiger partial charge < -0.3 is 20.3 Å². The summed E-state index contributed by atoms with van der Waals surface area (Å²) < 4.78 is 5.36. The fourth-order valence-corrected chi connectivity index (χ4v) is 1.99. The number of amides is 1. The molecule has 0 aliphatic carbocycles. The second-order valence-corrected chi connectivity index (χ2v) is 4.69. The fourth-order valence-electron chi connectivity index (χ4n) is 1.99. The number of carbonyl (C=O) groups is 1. The van der Waals surface area contributed by atoms with Crippen LogP contribution in [0, 0.1) is 0 Å². The number of nitrogens with one attached hydrogen (secondary N) is 2. The SMILES string of the molecule is CO[C@H]1CNCC1Nc1ccc(C(=O)N(C)C)nn1. The second-order valence-electron chi connectivity index (χ2n) is 4.69. The number of nitrogens with zero attached hydrogens (tertiary/aromatic N) is 3. The molecule has 1 aromatic heterocycles. The third-order valence-corrected chi connectivity index (χ3v) is 3.08. The average molecular weight is 265 g/mol. The zero-order valence-electron chi connectivity index (χ0n) is 11.4. The Bertz CT molecular complexity index is 434. The van der Waals surface area contributed by atoms with Crippen molar-refractivity contribution < 1.29 is 9.53 Å². The Hall–Kier alpha value is -1.73. The molecule has 0 aromatic carbocycles. The summed E-state index contributed by atoms with van der Waals surface area (Å²) >= 11 is 0. The maximum Gasteiger partial charge on any atom is 0.273 e. The lowest BCUT2D eigenvalue weighted by Gasteiger charge is -2.18. The molecule has 2 atom stereocenters. The van der Waals surface area contributed by atoms with Crippen LogP contribution in [0.25, 0.3) is 0 Å². The van der Waals surface area contributed by atoms with E-state index in [0.29, 0.717) is 11.5 Å². The molecule has 19 heavy (non-hydrogen) atoms. The number of carbonyl (C=O) groups excluding carboxylic acids is 1. The van der Waals surface area contributed by atoms with Gasteiger partial charge in [-0.3, -0.25) is 4.79 Å². The van der Waals surface area contributed by atoms with Gasteiger partial charge in [0.25, 0.3) is 5.91 Å². The van der Waals surface area contributed by atoms with Crippen molar-refractivity contribution in [1.82, 2.24) is 20.4 Å². The van der Waals surface area contributed by atoms with Gasteiger partial charge in [-0.2, -0.15) is 0 Å². The highest BCUT2D eigenvalue weighted by Crippen LogP contribution is 2.11. The number of hydrogen-bond donors (Lipinski definition) is 2. The van der Waals surface area contributed by atoms with E-state index in [1.54, 1.807) is 33.3 Å². The van der Waals surface area contributed by atoms with Gasteiger partial charge in [-0.15, -0.1) is 10.2 Å². The summed E-state index contributed by atoms with van der Waals surface area (Å²) in [7, 11) is 5.06. The molecule has 7 nitrogen and oxygen atoms in total. The van der Waals surface area contributed by atoms with Crippen LogP contribution in [-0.2, 0) is 4.74 Å². The number of aromatic nitrogens is 2. The van der Waals surface area contributed by atoms with Crippen LogP contribution >= 0.6 is 0 Å². The molecule has 1 saturated heterocycles. The van der Waals surface area contributed by atoms with Crippen molar-refractivity contribution in [2.75, 3.05) is 39.6 Å². The van der Waals surface area contributed by atoms with E-state index in [1.807, 2.05) is 0 Å². The van der Waals surface area contributed by atoms with Gasteiger partial charge in [-0.1, -0.05) is 0 Å². The van der Waals surface area contributed by atoms with Crippen LogP contribution in [-0.4, -0.2) is 67.4 Å². The number of anilines is 1. The van der Waals surface area contributed by atoms with Gasteiger partial charge in [-0.25, -0.2) is 0 Å². The van der Waals surface area contributed by atoms with E-state index in [-0.39, 0.29) is 18.1 Å². The highest BCUT2D eigenvalue weighted by Gasteiger charge is 2.27. The van der Waals surface area contributed by atoms with E-state index in [9.17, 15) is 4.79 Å². The van der Waals surface area contributed by atoms with E-state index in [1.165, 1.54) is 4.90 Å². The Balaban J connectivity index is 2.01. The Kier molecular flexibility index (Phi) is 4.28. The molecule has 0 saturated carbocycles. The summed E-state index contributed by atoms with van der Waals surface area (Å²) in [6.07, 6.45) is 0.116. The van der Waals surface area contributed by atoms with Gasteiger partial charge in [0.05, 0.1) is 12.1 Å². The van der Waals surface area contributed by atoms with Crippen molar-refractivity contribution >= 4 is 11.7 Å². The molecular formula is C12H19N5O2. The minimum Gasteiger partial charge on any atom is -0.378 e. The fraction of sp³-hybridized carbons (Fsp3) is 0.583. The zero-order chi connectivity index (χ0) is 13.8. The number of ether oxygens (including phenoxy) is 1. The number of rotatable bonds is 4. The second kappa shape index (κ2) is 5.94. The predicted octanol–water partition coefficient (Wildman–Crippen LogP) is -0.423. The van der Waals surface area contributed by atoms with Gasteiger partial charge >= 0.3 is 0 Å². The Labute approximate surface area is 112 Å². The van der Waals surface area contributed by atoms with Gasteiger partial charge in [0.15, 0.2) is 5.69 Å². The van der Waals surface area contributed by atoms with Crippen molar-refractivity contribution in [3.8, 4) is 0 Å². The monoisotopic (exact) mass is 265 g/mol. The lowest BCUT2D eigenvalue weighted by Crippen LogP contribution is -2.34. The van der Waals surface area contributed by atoms with Crippen molar-refractivity contribution in [1.29, 1.82) is 0 Å². The van der Waals surface area contributed by atoms with Crippen LogP contribution in [0.1, 0.15) is 10.5 Å². The van der Waals surface area contributed by atoms with Crippen LogP contribution in [0.4, 0.5) is 5.82 Å². The van der Waals surface area contributed by atoms with Gasteiger partial charge in [-0.05, 0) is 12.1 Å². The Morgan fingerprint density at radius 1 is 1.42 bits per heavy atom. The molecule has 2 rings (SSSR count). The average Bonchev–Trinajstić information content (AvgIpc) is 2.86. The minimum atomic E-state index is -0.156. The smallest absolute Gasteiger partial charge is 0.273 e. The van der Waals surface area contributed by atoms with Crippen molar-refractivity contribution in [3.05, 3.63) is 17.8 Å². The molecule has 1 amide bonds. The van der Waals surface area contributed by atoms with E-state index in [2.05, 4.69) is 20.8 Å². The first-order valence-electron chi connectivity index (χ1n) is 6.17. The van der Waals surface area contributed by atoms with Crippen LogP contribution in [0.3, 0.4) is 0 Å². The topological polar surface area (TPSA) is 79.4 Å². The quantitative estimate of drug-likeness (QED) is 0.769. The van der Waals surface area contributed by atoms with Crippen molar-refractivity contribution in [3.63, 3.8) is 0 Å². The van der Waals surface area contributed by atoms with Crippen LogP contribution in [0.5, 0.6) is 0 Å². The number of methoxy groups -OCH3 is 1. The molecular weight excluding hydrogens is 246 g/mol. The summed E-state index contributed by atoms with van der Waals surface area (Å²) in [5.74, 6) is 0.488. The summed E-state index contributed by atoms with van der Waals surface area (Å²) in [6, 6.07) is 3.59. The van der Waals surface area contributed by atoms with E-state index >= 15 is 0 Å². The first kappa shape index (κ1) is 13.7.